The number of para-hydroxylation sites is 1. The van der Waals surface area contributed by atoms with Gasteiger partial charge in [-0.1, -0.05) is 24.3 Å². The van der Waals surface area contributed by atoms with Crippen LogP contribution >= 0.6 is 0 Å². The monoisotopic (exact) mass is 324 g/mol. The van der Waals surface area contributed by atoms with E-state index in [1.54, 1.807) is 0 Å². The summed E-state index contributed by atoms with van der Waals surface area (Å²) in [6.45, 7) is 1.42. The van der Waals surface area contributed by atoms with Crippen LogP contribution in [0, 0.1) is 0 Å². The van der Waals surface area contributed by atoms with Crippen molar-refractivity contribution in [3.05, 3.63) is 66.6 Å². The van der Waals surface area contributed by atoms with Gasteiger partial charge in [0.2, 0.25) is 0 Å². The van der Waals surface area contributed by atoms with Crippen LogP contribution in [0.3, 0.4) is 0 Å². The Morgan fingerprint density at radius 1 is 1.04 bits per heavy atom. The fourth-order valence-corrected chi connectivity index (χ4v) is 2.32. The number of benzene rings is 1. The van der Waals surface area contributed by atoms with Gasteiger partial charge in [0.05, 0.1) is 12.2 Å². The molecule has 2 amide bonds. The maximum Gasteiger partial charge on any atom is 0.314 e. The topological polar surface area (TPSA) is 67.7 Å². The number of ether oxygens (including phenoxy) is 1. The molecule has 0 unspecified atom stereocenters. The third-order valence-electron chi connectivity index (χ3n) is 3.48. The zero-order chi connectivity index (χ0) is 16.6. The average Bonchev–Trinajstić information content (AvgIpc) is 3.02. The molecule has 6 nitrogen and oxygen atoms in total. The molecule has 124 valence electrons. The van der Waals surface area contributed by atoms with Crippen molar-refractivity contribution in [1.29, 1.82) is 0 Å². The number of aromatic nitrogens is 2. The molecule has 0 saturated carbocycles. The minimum atomic E-state index is -0.199. The summed E-state index contributed by atoms with van der Waals surface area (Å²) in [5, 5.41) is 5.58. The van der Waals surface area contributed by atoms with Crippen LogP contribution in [0.1, 0.15) is 5.69 Å². The van der Waals surface area contributed by atoms with E-state index in [1.165, 1.54) is 0 Å². The molecule has 1 aromatic carbocycles. The first kappa shape index (κ1) is 15.9. The molecule has 2 N–H and O–H groups in total. The molecule has 0 aliphatic heterocycles. The molecule has 0 fully saturated rings. The summed E-state index contributed by atoms with van der Waals surface area (Å²) in [7, 11) is 0. The van der Waals surface area contributed by atoms with Crippen molar-refractivity contribution in [2.24, 2.45) is 0 Å². The molecule has 0 atom stereocenters. The lowest BCUT2D eigenvalue weighted by atomic mass is 10.3. The van der Waals surface area contributed by atoms with Gasteiger partial charge in [0.1, 0.15) is 18.0 Å². The van der Waals surface area contributed by atoms with Gasteiger partial charge in [-0.05, 0) is 24.3 Å². The number of hydrogen-bond donors (Lipinski definition) is 2. The van der Waals surface area contributed by atoms with Gasteiger partial charge >= 0.3 is 6.03 Å². The second-order valence-corrected chi connectivity index (χ2v) is 5.29. The molecule has 0 aliphatic rings. The number of urea groups is 1. The number of nitrogens with one attached hydrogen (secondary N) is 2. The number of imidazole rings is 1. The van der Waals surface area contributed by atoms with Crippen molar-refractivity contribution >= 4 is 11.7 Å². The zero-order valence-electron chi connectivity index (χ0n) is 13.3. The molecule has 0 saturated heterocycles. The van der Waals surface area contributed by atoms with E-state index in [0.717, 1.165) is 17.1 Å². The van der Waals surface area contributed by atoms with Crippen molar-refractivity contribution in [2.45, 2.75) is 6.42 Å². The number of hydrogen-bond acceptors (Lipinski definition) is 3. The minimum absolute atomic E-state index is 0.199. The molecule has 24 heavy (non-hydrogen) atoms. The quantitative estimate of drug-likeness (QED) is 0.655. The summed E-state index contributed by atoms with van der Waals surface area (Å²) in [5.74, 6) is 0.798. The average molecular weight is 324 g/mol. The highest BCUT2D eigenvalue weighted by Crippen LogP contribution is 2.07. The van der Waals surface area contributed by atoms with E-state index in [1.807, 2.05) is 65.3 Å². The fourth-order valence-electron chi connectivity index (χ4n) is 2.32. The van der Waals surface area contributed by atoms with E-state index in [4.69, 9.17) is 4.74 Å². The Morgan fingerprint density at radius 2 is 1.83 bits per heavy atom. The third-order valence-corrected chi connectivity index (χ3v) is 3.48. The second-order valence-electron chi connectivity index (χ2n) is 5.29. The Morgan fingerprint density at radius 3 is 2.67 bits per heavy atom. The highest BCUT2D eigenvalue weighted by Gasteiger charge is 2.03. The van der Waals surface area contributed by atoms with Crippen molar-refractivity contribution in [2.75, 3.05) is 19.7 Å². The van der Waals surface area contributed by atoms with Crippen LogP contribution in [0.5, 0.6) is 5.75 Å². The lowest BCUT2D eigenvalue weighted by Gasteiger charge is -2.08. The predicted molar refractivity (Wildman–Crippen MR) is 92.2 cm³/mol. The summed E-state index contributed by atoms with van der Waals surface area (Å²) >= 11 is 0. The Hall–Kier alpha value is -3.02. The van der Waals surface area contributed by atoms with E-state index < -0.39 is 0 Å². The molecule has 0 bridgehead atoms. The van der Waals surface area contributed by atoms with Crippen LogP contribution in [0.15, 0.2) is 60.9 Å². The molecular weight excluding hydrogens is 304 g/mol. The van der Waals surface area contributed by atoms with Crippen LogP contribution in [0.25, 0.3) is 5.65 Å². The standard InChI is InChI=1S/C18H20N4O2/c23-18(20-11-13-24-16-6-2-1-3-7-16)19-10-9-15-14-22-12-5-4-8-17(22)21-15/h1-8,12,14H,9-11,13H2,(H2,19,20,23). The van der Waals surface area contributed by atoms with Crippen molar-refractivity contribution in [3.63, 3.8) is 0 Å². The molecule has 3 aromatic rings. The minimum Gasteiger partial charge on any atom is -0.492 e. The molecule has 2 heterocycles. The number of carbonyl (C=O) groups is 1. The van der Waals surface area contributed by atoms with Gasteiger partial charge in [0.25, 0.3) is 0 Å². The van der Waals surface area contributed by atoms with Gasteiger partial charge in [-0.25, -0.2) is 9.78 Å². The van der Waals surface area contributed by atoms with Crippen molar-refractivity contribution < 1.29 is 9.53 Å². The number of carbonyl (C=O) groups excluding carboxylic acids is 1. The van der Waals surface area contributed by atoms with E-state index in [-0.39, 0.29) is 6.03 Å². The van der Waals surface area contributed by atoms with E-state index in [0.29, 0.717) is 26.1 Å². The molecule has 0 spiro atoms. The molecule has 6 heteroatoms. The number of pyridine rings is 1. The number of rotatable bonds is 7. The first-order chi connectivity index (χ1) is 11.8. The highest BCUT2D eigenvalue weighted by molar-refractivity contribution is 5.73. The summed E-state index contributed by atoms with van der Waals surface area (Å²) in [4.78, 5) is 16.2. The maximum absolute atomic E-state index is 11.7. The van der Waals surface area contributed by atoms with E-state index in [2.05, 4.69) is 15.6 Å². The highest BCUT2D eigenvalue weighted by atomic mass is 16.5. The van der Waals surface area contributed by atoms with Crippen LogP contribution in [-0.2, 0) is 6.42 Å². The smallest absolute Gasteiger partial charge is 0.314 e. The van der Waals surface area contributed by atoms with Crippen molar-refractivity contribution in [1.82, 2.24) is 20.0 Å². The normalized spacial score (nSPS) is 10.5. The van der Waals surface area contributed by atoms with Gasteiger partial charge in [-0.3, -0.25) is 0 Å². The van der Waals surface area contributed by atoms with Gasteiger partial charge in [0.15, 0.2) is 0 Å². The number of amides is 2. The largest absolute Gasteiger partial charge is 0.492 e. The van der Waals surface area contributed by atoms with E-state index >= 15 is 0 Å². The van der Waals surface area contributed by atoms with Crippen LogP contribution in [-0.4, -0.2) is 35.1 Å². The van der Waals surface area contributed by atoms with Crippen LogP contribution in [0.4, 0.5) is 4.79 Å². The second kappa shape index (κ2) is 8.01. The van der Waals surface area contributed by atoms with Gasteiger partial charge < -0.3 is 19.8 Å². The zero-order valence-corrected chi connectivity index (χ0v) is 13.3. The Balaban J connectivity index is 1.32. The molecular formula is C18H20N4O2. The van der Waals surface area contributed by atoms with Gasteiger partial charge in [-0.2, -0.15) is 0 Å². The number of fused-ring (bicyclic) bond motifs is 1. The first-order valence-electron chi connectivity index (χ1n) is 7.93. The lowest BCUT2D eigenvalue weighted by molar-refractivity contribution is 0.236. The van der Waals surface area contributed by atoms with Crippen molar-refractivity contribution in [3.8, 4) is 5.75 Å². The molecule has 3 rings (SSSR count). The Labute approximate surface area is 140 Å². The van der Waals surface area contributed by atoms with E-state index in [9.17, 15) is 4.79 Å². The first-order valence-corrected chi connectivity index (χ1v) is 7.93. The maximum atomic E-state index is 11.7. The summed E-state index contributed by atoms with van der Waals surface area (Å²) < 4.78 is 7.48. The van der Waals surface area contributed by atoms with Gasteiger partial charge in [0, 0.05) is 25.4 Å². The van der Waals surface area contributed by atoms with Crippen LogP contribution < -0.4 is 15.4 Å². The summed E-state index contributed by atoms with van der Waals surface area (Å²) in [6, 6.07) is 15.2. The summed E-state index contributed by atoms with van der Waals surface area (Å²) in [6.07, 6.45) is 4.62. The Bertz CT molecular complexity index is 753. The Kier molecular flexibility index (Phi) is 5.29. The lowest BCUT2D eigenvalue weighted by Crippen LogP contribution is -2.38. The molecule has 0 radical (unpaired) electrons. The third kappa shape index (κ3) is 4.49. The SMILES string of the molecule is O=C(NCCOc1ccccc1)NCCc1cn2ccccc2n1. The number of nitrogens with zero attached hydrogens (tertiary/aromatic N) is 2. The summed E-state index contributed by atoms with van der Waals surface area (Å²) in [5.41, 5.74) is 1.86. The predicted octanol–water partition coefficient (Wildman–Crippen LogP) is 2.26. The molecule has 0 aliphatic carbocycles. The van der Waals surface area contributed by atoms with Gasteiger partial charge in [-0.15, -0.1) is 0 Å². The molecule has 2 aromatic heterocycles. The fraction of sp³-hybridized carbons (Fsp3) is 0.222. The van der Waals surface area contributed by atoms with Crippen LogP contribution in [0.2, 0.25) is 0 Å².